The number of ether oxygens (including phenoxy) is 1. The zero-order valence-electron chi connectivity index (χ0n) is 19.5. The van der Waals surface area contributed by atoms with Crippen LogP contribution in [0.5, 0.6) is 5.75 Å². The van der Waals surface area contributed by atoms with Crippen molar-refractivity contribution in [1.82, 2.24) is 15.1 Å². The van der Waals surface area contributed by atoms with Crippen LogP contribution >= 0.6 is 24.0 Å². The summed E-state index contributed by atoms with van der Waals surface area (Å²) in [6.07, 6.45) is 0.913. The number of amides is 1. The number of rotatable bonds is 5. The molecular weight excluding hydrogens is 529 g/mol. The number of halogens is 1. The van der Waals surface area contributed by atoms with E-state index in [1.165, 1.54) is 11.1 Å². The Morgan fingerprint density at radius 2 is 1.67 bits per heavy atom. The minimum atomic E-state index is 0. The summed E-state index contributed by atoms with van der Waals surface area (Å²) in [5.41, 5.74) is 3.72. The number of guanidine groups is 1. The smallest absolute Gasteiger partial charge is 0.244 e. The molecule has 1 saturated heterocycles. The van der Waals surface area contributed by atoms with E-state index in [2.05, 4.69) is 46.3 Å². The van der Waals surface area contributed by atoms with Gasteiger partial charge in [-0.25, -0.2) is 4.99 Å². The van der Waals surface area contributed by atoms with Crippen molar-refractivity contribution in [3.63, 3.8) is 0 Å². The molecule has 2 aliphatic rings. The standard InChI is InChI=1S/C25H33N5O2.HI/c1-3-26-25(27-18-24(31)30-13-12-20-8-4-5-9-21(20)19-30)29-16-14-28(15-17-29)22-10-6-7-11-23(22)32-2;/h4-11H,3,12-19H2,1-2H3,(H,26,27);1H. The summed E-state index contributed by atoms with van der Waals surface area (Å²) >= 11 is 0. The van der Waals surface area contributed by atoms with Crippen molar-refractivity contribution in [2.24, 2.45) is 4.99 Å². The number of hydrogen-bond donors (Lipinski definition) is 1. The summed E-state index contributed by atoms with van der Waals surface area (Å²) in [5, 5.41) is 3.37. The number of fused-ring (bicyclic) bond motifs is 1. The number of methoxy groups -OCH3 is 1. The highest BCUT2D eigenvalue weighted by Gasteiger charge is 2.23. The van der Waals surface area contributed by atoms with Gasteiger partial charge in [0.2, 0.25) is 5.91 Å². The molecule has 1 amide bonds. The van der Waals surface area contributed by atoms with Gasteiger partial charge in [-0.2, -0.15) is 0 Å². The molecular formula is C25H34IN5O2. The number of benzene rings is 2. The molecule has 2 aromatic carbocycles. The predicted molar refractivity (Wildman–Crippen MR) is 144 cm³/mol. The van der Waals surface area contributed by atoms with Gasteiger partial charge < -0.3 is 24.8 Å². The molecule has 178 valence electrons. The van der Waals surface area contributed by atoms with E-state index in [9.17, 15) is 4.79 Å². The van der Waals surface area contributed by atoms with Gasteiger partial charge in [0.15, 0.2) is 5.96 Å². The Kier molecular flexibility index (Phi) is 9.22. The third-order valence-electron chi connectivity index (χ3n) is 6.19. The first kappa shape index (κ1) is 25.1. The molecule has 0 aromatic heterocycles. The molecule has 7 nitrogen and oxygen atoms in total. The van der Waals surface area contributed by atoms with Crippen LogP contribution in [0.25, 0.3) is 0 Å². The monoisotopic (exact) mass is 563 g/mol. The summed E-state index contributed by atoms with van der Waals surface area (Å²) in [5.74, 6) is 1.80. The highest BCUT2D eigenvalue weighted by atomic mass is 127. The molecule has 1 fully saturated rings. The van der Waals surface area contributed by atoms with Crippen LogP contribution < -0.4 is 15.0 Å². The van der Waals surface area contributed by atoms with E-state index >= 15 is 0 Å². The molecule has 2 aliphatic heterocycles. The molecule has 0 bridgehead atoms. The van der Waals surface area contributed by atoms with Crippen LogP contribution in [0, 0.1) is 0 Å². The maximum Gasteiger partial charge on any atom is 0.244 e. The fourth-order valence-corrected chi connectivity index (χ4v) is 4.43. The van der Waals surface area contributed by atoms with E-state index < -0.39 is 0 Å². The normalized spacial score (nSPS) is 16.1. The van der Waals surface area contributed by atoms with Crippen LogP contribution in [0.3, 0.4) is 0 Å². The summed E-state index contributed by atoms with van der Waals surface area (Å²) < 4.78 is 5.52. The van der Waals surface area contributed by atoms with Gasteiger partial charge in [0, 0.05) is 45.8 Å². The summed E-state index contributed by atoms with van der Waals surface area (Å²) in [6.45, 7) is 7.89. The van der Waals surface area contributed by atoms with Crippen molar-refractivity contribution in [2.75, 3.05) is 57.8 Å². The van der Waals surface area contributed by atoms with Crippen molar-refractivity contribution < 1.29 is 9.53 Å². The van der Waals surface area contributed by atoms with Crippen molar-refractivity contribution in [3.8, 4) is 5.75 Å². The molecule has 1 N–H and O–H groups in total. The Morgan fingerprint density at radius 1 is 0.970 bits per heavy atom. The summed E-state index contributed by atoms with van der Waals surface area (Å²) in [7, 11) is 1.71. The van der Waals surface area contributed by atoms with Crippen molar-refractivity contribution in [2.45, 2.75) is 19.9 Å². The zero-order valence-corrected chi connectivity index (χ0v) is 21.8. The first-order valence-electron chi connectivity index (χ1n) is 11.5. The number of hydrogen-bond acceptors (Lipinski definition) is 4. The van der Waals surface area contributed by atoms with E-state index in [1.807, 2.05) is 29.2 Å². The lowest BCUT2D eigenvalue weighted by atomic mass is 10.00. The number of nitrogens with one attached hydrogen (secondary N) is 1. The Bertz CT molecular complexity index is 959. The van der Waals surface area contributed by atoms with Crippen LogP contribution in [0.2, 0.25) is 0 Å². The number of para-hydroxylation sites is 2. The molecule has 2 aromatic rings. The number of carbonyl (C=O) groups is 1. The number of nitrogens with zero attached hydrogens (tertiary/aromatic N) is 4. The molecule has 8 heteroatoms. The second kappa shape index (κ2) is 12.1. The van der Waals surface area contributed by atoms with Gasteiger partial charge in [0.1, 0.15) is 12.3 Å². The van der Waals surface area contributed by atoms with Crippen molar-refractivity contribution in [3.05, 3.63) is 59.7 Å². The number of aliphatic imine (C=N–C) groups is 1. The predicted octanol–water partition coefficient (Wildman–Crippen LogP) is 2.99. The van der Waals surface area contributed by atoms with Crippen LogP contribution in [-0.4, -0.2) is 74.6 Å². The maximum absolute atomic E-state index is 12.9. The fraction of sp³-hybridized carbons (Fsp3) is 0.440. The molecule has 2 heterocycles. The van der Waals surface area contributed by atoms with Gasteiger partial charge >= 0.3 is 0 Å². The number of piperazine rings is 1. The van der Waals surface area contributed by atoms with Gasteiger partial charge in [-0.15, -0.1) is 24.0 Å². The van der Waals surface area contributed by atoms with Crippen LogP contribution in [-0.2, 0) is 17.8 Å². The number of anilines is 1. The van der Waals surface area contributed by atoms with Gasteiger partial charge in [0.25, 0.3) is 0 Å². The van der Waals surface area contributed by atoms with Gasteiger partial charge in [-0.05, 0) is 36.6 Å². The first-order valence-corrected chi connectivity index (χ1v) is 11.5. The molecule has 0 saturated carbocycles. The van der Waals surface area contributed by atoms with E-state index in [-0.39, 0.29) is 36.4 Å². The molecule has 33 heavy (non-hydrogen) atoms. The van der Waals surface area contributed by atoms with Gasteiger partial charge in [0.05, 0.1) is 12.8 Å². The quantitative estimate of drug-likeness (QED) is 0.345. The lowest BCUT2D eigenvalue weighted by Gasteiger charge is -2.38. The van der Waals surface area contributed by atoms with E-state index in [4.69, 9.17) is 9.73 Å². The zero-order chi connectivity index (χ0) is 22.3. The van der Waals surface area contributed by atoms with Crippen molar-refractivity contribution >= 4 is 41.5 Å². The van der Waals surface area contributed by atoms with E-state index in [0.29, 0.717) is 6.54 Å². The van der Waals surface area contributed by atoms with E-state index in [0.717, 1.165) is 63.1 Å². The molecule has 4 rings (SSSR count). The molecule has 0 atom stereocenters. The topological polar surface area (TPSA) is 60.4 Å². The third-order valence-corrected chi connectivity index (χ3v) is 6.19. The highest BCUT2D eigenvalue weighted by molar-refractivity contribution is 14.0. The Morgan fingerprint density at radius 3 is 2.39 bits per heavy atom. The minimum absolute atomic E-state index is 0. The largest absolute Gasteiger partial charge is 0.495 e. The first-order chi connectivity index (χ1) is 15.7. The minimum Gasteiger partial charge on any atom is -0.495 e. The van der Waals surface area contributed by atoms with Gasteiger partial charge in [-0.3, -0.25) is 4.79 Å². The Labute approximate surface area is 213 Å². The van der Waals surface area contributed by atoms with Crippen LogP contribution in [0.4, 0.5) is 5.69 Å². The fourth-order valence-electron chi connectivity index (χ4n) is 4.43. The second-order valence-corrected chi connectivity index (χ2v) is 8.15. The average molecular weight is 563 g/mol. The molecule has 0 aliphatic carbocycles. The third kappa shape index (κ3) is 6.10. The molecule has 0 unspecified atom stereocenters. The average Bonchev–Trinajstić information content (AvgIpc) is 2.86. The van der Waals surface area contributed by atoms with Gasteiger partial charge in [-0.1, -0.05) is 36.4 Å². The number of carbonyl (C=O) groups excluding carboxylic acids is 1. The molecule has 0 radical (unpaired) electrons. The molecule has 0 spiro atoms. The van der Waals surface area contributed by atoms with Crippen LogP contribution in [0.15, 0.2) is 53.5 Å². The second-order valence-electron chi connectivity index (χ2n) is 8.15. The SMILES string of the molecule is CCNC(=NCC(=O)N1CCc2ccccc2C1)N1CCN(c2ccccc2OC)CC1.I. The van der Waals surface area contributed by atoms with Crippen molar-refractivity contribution in [1.29, 1.82) is 0 Å². The van der Waals surface area contributed by atoms with Crippen LogP contribution in [0.1, 0.15) is 18.1 Å². The summed E-state index contributed by atoms with van der Waals surface area (Å²) in [4.78, 5) is 24.1. The lowest BCUT2D eigenvalue weighted by molar-refractivity contribution is -0.130. The van der Waals surface area contributed by atoms with E-state index in [1.54, 1.807) is 7.11 Å². The Balaban J connectivity index is 0.00000306. The lowest BCUT2D eigenvalue weighted by Crippen LogP contribution is -2.53. The Hall–Kier alpha value is -2.49. The maximum atomic E-state index is 12.9. The highest BCUT2D eigenvalue weighted by Crippen LogP contribution is 2.28. The summed E-state index contributed by atoms with van der Waals surface area (Å²) in [6, 6.07) is 16.5.